The number of carbonyl (C=O) groups is 2. The molecule has 72 heavy (non-hydrogen) atoms. The van der Waals surface area contributed by atoms with Crippen molar-refractivity contribution in [3.8, 4) is 29.1 Å². The van der Waals surface area contributed by atoms with Crippen molar-refractivity contribution in [3.05, 3.63) is 142 Å². The zero-order valence-electron chi connectivity index (χ0n) is 42.8. The molecule has 0 spiro atoms. The van der Waals surface area contributed by atoms with E-state index in [2.05, 4.69) is 21.0 Å². The number of methoxy groups -OCH3 is 3. The van der Waals surface area contributed by atoms with Gasteiger partial charge in [0.2, 0.25) is 5.91 Å². The summed E-state index contributed by atoms with van der Waals surface area (Å²) in [6, 6.07) is 33.9. The van der Waals surface area contributed by atoms with Gasteiger partial charge in [0, 0.05) is 26.1 Å². The second-order valence-electron chi connectivity index (χ2n) is 18.6. The molecular formula is C54H66N5O12P. The fraction of sp³-hybridized carbons (Fsp3) is 0.426. The van der Waals surface area contributed by atoms with Gasteiger partial charge < -0.3 is 47.5 Å². The number of anilines is 1. The Labute approximate surface area is 423 Å². The number of nitrogens with one attached hydrogen (secondary N) is 1. The largest absolute Gasteiger partial charge is 0.497 e. The summed E-state index contributed by atoms with van der Waals surface area (Å²) in [6.07, 6.45) is -2.58. The highest BCUT2D eigenvalue weighted by atomic mass is 31.2. The maximum absolute atomic E-state index is 14.3. The van der Waals surface area contributed by atoms with Gasteiger partial charge in [-0.25, -0.2) is 9.46 Å². The number of hydrogen-bond donors (Lipinski definition) is 1. The lowest BCUT2D eigenvalue weighted by molar-refractivity contribution is -0.143. The van der Waals surface area contributed by atoms with Gasteiger partial charge in [0.25, 0.3) is 8.53 Å². The first kappa shape index (κ1) is 55.1. The number of aromatic nitrogens is 2. The lowest BCUT2D eigenvalue weighted by atomic mass is 9.80. The standard InChI is InChI=1S/C54H66N5O12P/c1-35(2)59(36(3)4)72(68-31-15-30-55)71-47-46(34-67-54(39-16-13-12-14-17-39,40-20-26-42(63-9)27-21-40)41-22-28-43(64-10)29-23-41)70-50(48(47)65-11)58-32-45(49(56-37(5)60)57-52(58)62)66-33-38-18-24-44(25-19-38)69-51(61)53(6,7)8/h12-14,16-29,32,35-36,46-48,50H,15,31,33-34H2,1-11H3,(H,56,57,60,62)/t46-,47-,48-,50-,72?/m1/s1. The third-order valence-corrected chi connectivity index (χ3v) is 13.8. The molecule has 384 valence electrons. The minimum atomic E-state index is -1.89. The second kappa shape index (κ2) is 24.9. The normalized spacial score (nSPS) is 17.4. The van der Waals surface area contributed by atoms with E-state index in [1.54, 1.807) is 59.3 Å². The van der Waals surface area contributed by atoms with E-state index in [1.807, 2.05) is 107 Å². The van der Waals surface area contributed by atoms with E-state index >= 15 is 0 Å². The highest BCUT2D eigenvalue weighted by Crippen LogP contribution is 2.51. The van der Waals surface area contributed by atoms with E-state index < -0.39 is 55.7 Å². The van der Waals surface area contributed by atoms with Crippen LogP contribution < -0.4 is 30.0 Å². The van der Waals surface area contributed by atoms with Crippen molar-refractivity contribution in [1.29, 1.82) is 5.26 Å². The Hall–Kier alpha value is -6.22. The predicted molar refractivity (Wildman–Crippen MR) is 272 cm³/mol. The van der Waals surface area contributed by atoms with Crippen molar-refractivity contribution in [3.63, 3.8) is 0 Å². The summed E-state index contributed by atoms with van der Waals surface area (Å²) in [6.45, 7) is 14.7. The zero-order valence-corrected chi connectivity index (χ0v) is 43.7. The van der Waals surface area contributed by atoms with Gasteiger partial charge in [0.15, 0.2) is 17.8 Å². The number of carbonyl (C=O) groups excluding carboxylic acids is 2. The number of benzene rings is 4. The van der Waals surface area contributed by atoms with Gasteiger partial charge in [-0.1, -0.05) is 66.7 Å². The summed E-state index contributed by atoms with van der Waals surface area (Å²) in [5.41, 5.74) is 0.307. The fourth-order valence-electron chi connectivity index (χ4n) is 8.19. The van der Waals surface area contributed by atoms with Crippen LogP contribution in [0, 0.1) is 16.7 Å². The summed E-state index contributed by atoms with van der Waals surface area (Å²) in [5, 5.41) is 12.2. The van der Waals surface area contributed by atoms with Crippen molar-refractivity contribution in [2.75, 3.05) is 39.9 Å². The van der Waals surface area contributed by atoms with Crippen LogP contribution in [-0.2, 0) is 45.1 Å². The number of esters is 1. The van der Waals surface area contributed by atoms with Crippen molar-refractivity contribution in [1.82, 2.24) is 14.2 Å². The van der Waals surface area contributed by atoms with Crippen molar-refractivity contribution >= 4 is 26.2 Å². The Balaban J connectivity index is 1.45. The van der Waals surface area contributed by atoms with Crippen molar-refractivity contribution in [2.24, 2.45) is 5.41 Å². The molecule has 5 atom stereocenters. The Morgan fingerprint density at radius 1 is 0.833 bits per heavy atom. The molecule has 1 aromatic heterocycles. The monoisotopic (exact) mass is 1010 g/mol. The van der Waals surface area contributed by atoms with Crippen molar-refractivity contribution in [2.45, 2.75) is 111 Å². The Morgan fingerprint density at radius 2 is 1.40 bits per heavy atom. The van der Waals surface area contributed by atoms with E-state index in [-0.39, 0.29) is 55.9 Å². The van der Waals surface area contributed by atoms with Crippen LogP contribution in [0.5, 0.6) is 23.0 Å². The summed E-state index contributed by atoms with van der Waals surface area (Å²) in [5.74, 6) is 0.764. The molecule has 1 aliphatic rings. The van der Waals surface area contributed by atoms with Crippen LogP contribution in [0.2, 0.25) is 0 Å². The first-order chi connectivity index (χ1) is 34.4. The minimum absolute atomic E-state index is 0.0236. The van der Waals surface area contributed by atoms with Gasteiger partial charge in [0.05, 0.1) is 51.5 Å². The molecule has 0 bridgehead atoms. The number of nitrogens with zero attached hydrogens (tertiary/aromatic N) is 4. The summed E-state index contributed by atoms with van der Waals surface area (Å²) in [4.78, 5) is 43.6. The van der Waals surface area contributed by atoms with E-state index in [1.165, 1.54) is 24.8 Å². The fourth-order valence-corrected chi connectivity index (χ4v) is 9.96. The van der Waals surface area contributed by atoms with Gasteiger partial charge in [-0.15, -0.1) is 0 Å². The third-order valence-electron chi connectivity index (χ3n) is 11.7. The van der Waals surface area contributed by atoms with Crippen molar-refractivity contribution < 1.29 is 51.8 Å². The van der Waals surface area contributed by atoms with E-state index in [0.29, 0.717) is 22.8 Å². The molecule has 0 saturated carbocycles. The third kappa shape index (κ3) is 13.2. The van der Waals surface area contributed by atoms with E-state index in [9.17, 15) is 19.6 Å². The molecule has 5 aromatic rings. The first-order valence-electron chi connectivity index (χ1n) is 23.7. The van der Waals surface area contributed by atoms with Gasteiger partial charge >= 0.3 is 11.7 Å². The molecule has 18 heteroatoms. The average molecular weight is 1010 g/mol. The summed E-state index contributed by atoms with van der Waals surface area (Å²) < 4.78 is 60.5. The lowest BCUT2D eigenvalue weighted by Crippen LogP contribution is -2.43. The number of rotatable bonds is 23. The first-order valence-corrected chi connectivity index (χ1v) is 24.8. The Bertz CT molecular complexity index is 2600. The van der Waals surface area contributed by atoms with Crippen LogP contribution in [0.4, 0.5) is 5.82 Å². The van der Waals surface area contributed by atoms with Crippen LogP contribution in [0.3, 0.4) is 0 Å². The molecule has 6 rings (SSSR count). The number of hydrogen-bond acceptors (Lipinski definition) is 15. The molecule has 0 radical (unpaired) electrons. The second-order valence-corrected chi connectivity index (χ2v) is 20.0. The summed E-state index contributed by atoms with van der Waals surface area (Å²) in [7, 11) is 2.82. The molecule has 1 amide bonds. The lowest BCUT2D eigenvalue weighted by Gasteiger charge is -2.39. The maximum Gasteiger partial charge on any atom is 0.351 e. The van der Waals surface area contributed by atoms with E-state index in [0.717, 1.165) is 16.7 Å². The predicted octanol–water partition coefficient (Wildman–Crippen LogP) is 9.33. The molecule has 4 aromatic carbocycles. The van der Waals surface area contributed by atoms with Gasteiger partial charge in [-0.2, -0.15) is 10.2 Å². The van der Waals surface area contributed by atoms with Gasteiger partial charge in [0.1, 0.15) is 47.8 Å². The van der Waals surface area contributed by atoms with Crippen LogP contribution in [0.25, 0.3) is 0 Å². The number of ether oxygens (including phenoxy) is 7. The van der Waals surface area contributed by atoms with Gasteiger partial charge in [-0.3, -0.25) is 14.2 Å². The molecule has 1 fully saturated rings. The Morgan fingerprint density at radius 3 is 1.92 bits per heavy atom. The molecule has 1 N–H and O–H groups in total. The molecule has 1 aliphatic heterocycles. The smallest absolute Gasteiger partial charge is 0.351 e. The summed E-state index contributed by atoms with van der Waals surface area (Å²) >= 11 is 0. The number of amides is 1. The topological polar surface area (TPSA) is 191 Å². The van der Waals surface area contributed by atoms with Crippen LogP contribution >= 0.6 is 8.53 Å². The zero-order chi connectivity index (χ0) is 52.2. The highest BCUT2D eigenvalue weighted by Gasteiger charge is 2.51. The molecule has 1 unspecified atom stereocenters. The minimum Gasteiger partial charge on any atom is -0.497 e. The molecule has 0 aliphatic carbocycles. The quantitative estimate of drug-likeness (QED) is 0.0214. The van der Waals surface area contributed by atoms with Crippen LogP contribution in [0.15, 0.2) is 114 Å². The molecule has 17 nitrogen and oxygen atoms in total. The van der Waals surface area contributed by atoms with Crippen LogP contribution in [-0.4, -0.2) is 91.0 Å². The average Bonchev–Trinajstić information content (AvgIpc) is 3.70. The molecule has 1 saturated heterocycles. The maximum atomic E-state index is 14.3. The number of nitriles is 1. The van der Waals surface area contributed by atoms with Crippen LogP contribution in [0.1, 0.15) is 90.3 Å². The molecular weight excluding hydrogens is 942 g/mol. The molecule has 2 heterocycles. The van der Waals surface area contributed by atoms with E-state index in [4.69, 9.17) is 42.2 Å². The Kier molecular flexibility index (Phi) is 19.1. The van der Waals surface area contributed by atoms with Gasteiger partial charge in [-0.05, 0) is 107 Å². The highest BCUT2D eigenvalue weighted by molar-refractivity contribution is 7.44. The SMILES string of the molecule is COc1ccc(C(OC[C@H]2O[C@@H](n3cc(OCc4ccc(OC(=O)C(C)(C)C)cc4)c(NC(C)=O)nc3=O)[C@H](OC)[C@@H]2OP(OCCC#N)N(C(C)C)C(C)C)(c2ccccc2)c2ccc(OC)cc2)cc1.